The SMILES string of the molecule is C=CNCCCCNC(=O)C(NC(=O)OC(C)(C)C)C(C)C. The fourth-order valence-electron chi connectivity index (χ4n) is 1.75. The van der Waals surface area contributed by atoms with Crippen molar-refractivity contribution in [2.45, 2.75) is 59.1 Å². The molecular weight excluding hydrogens is 282 g/mol. The molecule has 22 heavy (non-hydrogen) atoms. The molecule has 1 atom stereocenters. The molecule has 0 fully saturated rings. The van der Waals surface area contributed by atoms with Crippen molar-refractivity contribution in [3.8, 4) is 0 Å². The van der Waals surface area contributed by atoms with Crippen molar-refractivity contribution in [1.82, 2.24) is 16.0 Å². The van der Waals surface area contributed by atoms with Crippen LogP contribution in [-0.2, 0) is 9.53 Å². The van der Waals surface area contributed by atoms with E-state index in [0.717, 1.165) is 19.4 Å². The quantitative estimate of drug-likeness (QED) is 0.570. The summed E-state index contributed by atoms with van der Waals surface area (Å²) >= 11 is 0. The maximum absolute atomic E-state index is 12.2. The number of nitrogens with one attached hydrogen (secondary N) is 3. The van der Waals surface area contributed by atoms with Gasteiger partial charge >= 0.3 is 6.09 Å². The molecule has 6 nitrogen and oxygen atoms in total. The zero-order chi connectivity index (χ0) is 17.2. The number of alkyl carbamates (subject to hydrolysis) is 1. The van der Waals surface area contributed by atoms with Gasteiger partial charge in [-0.05, 0) is 45.7 Å². The number of hydrogen-bond donors (Lipinski definition) is 3. The highest BCUT2D eigenvalue weighted by Gasteiger charge is 2.26. The average Bonchev–Trinajstić information content (AvgIpc) is 2.37. The molecule has 128 valence electrons. The van der Waals surface area contributed by atoms with Crippen molar-refractivity contribution >= 4 is 12.0 Å². The van der Waals surface area contributed by atoms with E-state index in [9.17, 15) is 9.59 Å². The first kappa shape index (κ1) is 20.3. The second kappa shape index (κ2) is 10.1. The Balaban J connectivity index is 4.23. The summed E-state index contributed by atoms with van der Waals surface area (Å²) in [5.74, 6) is -0.201. The fourth-order valence-corrected chi connectivity index (χ4v) is 1.75. The van der Waals surface area contributed by atoms with Crippen molar-refractivity contribution in [2.75, 3.05) is 13.1 Å². The lowest BCUT2D eigenvalue weighted by Gasteiger charge is -2.25. The van der Waals surface area contributed by atoms with Crippen LogP contribution in [0.2, 0.25) is 0 Å². The summed E-state index contributed by atoms with van der Waals surface area (Å²) in [5.41, 5.74) is -0.583. The minimum atomic E-state index is -0.596. The maximum Gasteiger partial charge on any atom is 0.408 e. The van der Waals surface area contributed by atoms with Crippen LogP contribution >= 0.6 is 0 Å². The Morgan fingerprint density at radius 1 is 1.18 bits per heavy atom. The summed E-state index contributed by atoms with van der Waals surface area (Å²) in [5, 5.41) is 8.48. The third-order valence-electron chi connectivity index (χ3n) is 2.81. The van der Waals surface area contributed by atoms with E-state index in [1.807, 2.05) is 13.8 Å². The molecule has 0 heterocycles. The van der Waals surface area contributed by atoms with Gasteiger partial charge in [0.25, 0.3) is 0 Å². The van der Waals surface area contributed by atoms with E-state index in [-0.39, 0.29) is 11.8 Å². The topological polar surface area (TPSA) is 79.5 Å². The van der Waals surface area contributed by atoms with Gasteiger partial charge in [-0.1, -0.05) is 20.4 Å². The number of carbonyl (C=O) groups is 2. The van der Waals surface area contributed by atoms with Gasteiger partial charge in [-0.2, -0.15) is 0 Å². The normalized spacial score (nSPS) is 12.5. The van der Waals surface area contributed by atoms with Crippen LogP contribution in [0, 0.1) is 5.92 Å². The van der Waals surface area contributed by atoms with E-state index in [1.54, 1.807) is 27.0 Å². The monoisotopic (exact) mass is 313 g/mol. The lowest BCUT2D eigenvalue weighted by Crippen LogP contribution is -2.51. The number of amides is 2. The van der Waals surface area contributed by atoms with Crippen LogP contribution in [0.25, 0.3) is 0 Å². The maximum atomic E-state index is 12.2. The van der Waals surface area contributed by atoms with Crippen LogP contribution in [-0.4, -0.2) is 36.7 Å². The molecule has 0 bridgehead atoms. The molecule has 0 aromatic rings. The van der Waals surface area contributed by atoms with Gasteiger partial charge in [-0.25, -0.2) is 4.79 Å². The first-order chi connectivity index (χ1) is 10.2. The summed E-state index contributed by atoms with van der Waals surface area (Å²) in [6.07, 6.45) is 2.89. The Bertz CT molecular complexity index is 362. The molecule has 0 saturated heterocycles. The molecule has 0 spiro atoms. The molecule has 0 aliphatic carbocycles. The molecule has 0 rings (SSSR count). The Morgan fingerprint density at radius 2 is 1.77 bits per heavy atom. The van der Waals surface area contributed by atoms with Crippen molar-refractivity contribution in [1.29, 1.82) is 0 Å². The second-order valence-corrected chi connectivity index (χ2v) is 6.52. The van der Waals surface area contributed by atoms with E-state index < -0.39 is 17.7 Å². The first-order valence-corrected chi connectivity index (χ1v) is 7.79. The zero-order valence-corrected chi connectivity index (χ0v) is 14.5. The number of carbonyl (C=O) groups excluding carboxylic acids is 2. The minimum Gasteiger partial charge on any atom is -0.444 e. The number of ether oxygens (including phenoxy) is 1. The van der Waals surface area contributed by atoms with Crippen molar-refractivity contribution in [2.24, 2.45) is 5.92 Å². The molecule has 0 aromatic heterocycles. The van der Waals surface area contributed by atoms with Crippen molar-refractivity contribution < 1.29 is 14.3 Å². The lowest BCUT2D eigenvalue weighted by atomic mass is 10.0. The Kier molecular flexibility index (Phi) is 9.29. The smallest absolute Gasteiger partial charge is 0.408 e. The van der Waals surface area contributed by atoms with Crippen molar-refractivity contribution in [3.63, 3.8) is 0 Å². The predicted molar refractivity (Wildman–Crippen MR) is 88.4 cm³/mol. The van der Waals surface area contributed by atoms with Gasteiger partial charge in [-0.15, -0.1) is 0 Å². The standard InChI is InChI=1S/C16H31N3O3/c1-7-17-10-8-9-11-18-14(20)13(12(2)3)19-15(21)22-16(4,5)6/h7,12-13,17H,1,8-11H2,2-6H3,(H,18,20)(H,19,21). The average molecular weight is 313 g/mol. The van der Waals surface area contributed by atoms with Gasteiger partial charge in [0.05, 0.1) is 0 Å². The predicted octanol–water partition coefficient (Wildman–Crippen LogP) is 2.17. The second-order valence-electron chi connectivity index (χ2n) is 6.52. The Morgan fingerprint density at radius 3 is 2.27 bits per heavy atom. The molecule has 0 aromatic carbocycles. The summed E-state index contributed by atoms with van der Waals surface area (Å²) in [6.45, 7) is 14.1. The lowest BCUT2D eigenvalue weighted by molar-refractivity contribution is -0.124. The molecule has 3 N–H and O–H groups in total. The van der Waals surface area contributed by atoms with Crippen LogP contribution in [0.1, 0.15) is 47.5 Å². The van der Waals surface area contributed by atoms with Crippen LogP contribution in [0.3, 0.4) is 0 Å². The van der Waals surface area contributed by atoms with Gasteiger partial charge in [0, 0.05) is 13.1 Å². The van der Waals surface area contributed by atoms with E-state index >= 15 is 0 Å². The van der Waals surface area contributed by atoms with E-state index in [2.05, 4.69) is 22.5 Å². The van der Waals surface area contributed by atoms with Gasteiger partial charge < -0.3 is 20.7 Å². The van der Waals surface area contributed by atoms with E-state index in [4.69, 9.17) is 4.74 Å². The third kappa shape index (κ3) is 10.1. The van der Waals surface area contributed by atoms with Gasteiger partial charge in [0.1, 0.15) is 11.6 Å². The molecule has 0 saturated carbocycles. The molecule has 0 radical (unpaired) electrons. The molecule has 0 aliphatic heterocycles. The number of unbranched alkanes of at least 4 members (excludes halogenated alkanes) is 1. The third-order valence-corrected chi connectivity index (χ3v) is 2.81. The van der Waals surface area contributed by atoms with Gasteiger partial charge in [0.2, 0.25) is 5.91 Å². The molecule has 6 heteroatoms. The largest absolute Gasteiger partial charge is 0.444 e. The zero-order valence-electron chi connectivity index (χ0n) is 14.5. The van der Waals surface area contributed by atoms with Gasteiger partial charge in [-0.3, -0.25) is 4.79 Å². The Hall–Kier alpha value is -1.72. The Labute approximate surface area is 134 Å². The summed E-state index contributed by atoms with van der Waals surface area (Å²) < 4.78 is 5.19. The first-order valence-electron chi connectivity index (χ1n) is 7.79. The summed E-state index contributed by atoms with van der Waals surface area (Å²) in [4.78, 5) is 24.0. The molecular formula is C16H31N3O3. The minimum absolute atomic E-state index is 0.0186. The molecule has 0 aliphatic rings. The van der Waals surface area contributed by atoms with E-state index in [1.165, 1.54) is 0 Å². The highest BCUT2D eigenvalue weighted by atomic mass is 16.6. The summed E-state index contributed by atoms with van der Waals surface area (Å²) in [7, 11) is 0. The number of hydrogen-bond acceptors (Lipinski definition) is 4. The van der Waals surface area contributed by atoms with Crippen molar-refractivity contribution in [3.05, 3.63) is 12.8 Å². The molecule has 1 unspecified atom stereocenters. The highest BCUT2D eigenvalue weighted by Crippen LogP contribution is 2.08. The highest BCUT2D eigenvalue weighted by molar-refractivity contribution is 5.85. The van der Waals surface area contributed by atoms with Crippen LogP contribution in [0.4, 0.5) is 4.79 Å². The molecule has 2 amide bonds. The summed E-state index contributed by atoms with van der Waals surface area (Å²) in [6, 6.07) is -0.596. The van der Waals surface area contributed by atoms with Crippen LogP contribution < -0.4 is 16.0 Å². The van der Waals surface area contributed by atoms with Crippen LogP contribution in [0.15, 0.2) is 12.8 Å². The van der Waals surface area contributed by atoms with Crippen LogP contribution in [0.5, 0.6) is 0 Å². The number of rotatable bonds is 9. The van der Waals surface area contributed by atoms with Gasteiger partial charge in [0.15, 0.2) is 0 Å². The van der Waals surface area contributed by atoms with E-state index in [0.29, 0.717) is 6.54 Å². The fraction of sp³-hybridized carbons (Fsp3) is 0.750.